The molecule has 3 aromatic rings. The van der Waals surface area contributed by atoms with Gasteiger partial charge in [0.1, 0.15) is 11.6 Å². The van der Waals surface area contributed by atoms with Gasteiger partial charge in [0.15, 0.2) is 5.60 Å². The summed E-state index contributed by atoms with van der Waals surface area (Å²) < 4.78 is 18.5. The molecule has 27 heavy (non-hydrogen) atoms. The minimum Gasteiger partial charge on any atom is -0.497 e. The lowest BCUT2D eigenvalue weighted by Gasteiger charge is -2.24. The molecule has 0 bridgehead atoms. The number of aliphatic hydroxyl groups is 1. The van der Waals surface area contributed by atoms with Crippen LogP contribution in [0.2, 0.25) is 5.02 Å². The molecule has 1 aliphatic rings. The van der Waals surface area contributed by atoms with Crippen LogP contribution in [-0.2, 0) is 10.4 Å². The van der Waals surface area contributed by atoms with Gasteiger partial charge in [0.2, 0.25) is 0 Å². The first-order chi connectivity index (χ1) is 12.9. The van der Waals surface area contributed by atoms with Crippen molar-refractivity contribution in [2.24, 2.45) is 0 Å². The van der Waals surface area contributed by atoms with E-state index in [4.69, 9.17) is 16.3 Å². The third-order valence-corrected chi connectivity index (χ3v) is 4.93. The van der Waals surface area contributed by atoms with E-state index in [9.17, 15) is 14.3 Å². The average Bonchev–Trinajstić information content (AvgIpc) is 2.90. The van der Waals surface area contributed by atoms with Crippen LogP contribution in [0.1, 0.15) is 11.1 Å². The summed E-state index contributed by atoms with van der Waals surface area (Å²) >= 11 is 6.13. The summed E-state index contributed by atoms with van der Waals surface area (Å²) in [5.74, 6) is -0.363. The number of hydrogen-bond acceptors (Lipinski definition) is 3. The zero-order valence-corrected chi connectivity index (χ0v) is 15.1. The third kappa shape index (κ3) is 2.67. The van der Waals surface area contributed by atoms with Crippen LogP contribution in [0.25, 0.3) is 0 Å². The highest BCUT2D eigenvalue weighted by Gasteiger charge is 2.51. The molecule has 3 aromatic carbocycles. The quantitative estimate of drug-likeness (QED) is 0.729. The molecule has 0 radical (unpaired) electrons. The molecule has 1 aliphatic heterocycles. The van der Waals surface area contributed by atoms with Gasteiger partial charge in [0.05, 0.1) is 12.8 Å². The summed E-state index contributed by atoms with van der Waals surface area (Å²) in [6.45, 7) is 0. The Kier molecular flexibility index (Phi) is 4.13. The van der Waals surface area contributed by atoms with E-state index in [1.54, 1.807) is 49.6 Å². The van der Waals surface area contributed by atoms with Crippen molar-refractivity contribution in [3.63, 3.8) is 0 Å². The number of amides is 1. The molecule has 4 nitrogen and oxygen atoms in total. The molecular weight excluding hydrogens is 369 g/mol. The van der Waals surface area contributed by atoms with Crippen molar-refractivity contribution in [2.75, 3.05) is 12.0 Å². The molecule has 0 saturated heterocycles. The Labute approximate surface area is 160 Å². The summed E-state index contributed by atoms with van der Waals surface area (Å²) in [6.07, 6.45) is 0. The van der Waals surface area contributed by atoms with Gasteiger partial charge in [-0.1, -0.05) is 23.7 Å². The molecule has 0 aliphatic carbocycles. The molecule has 1 heterocycles. The lowest BCUT2D eigenvalue weighted by atomic mass is 9.87. The number of halogens is 2. The lowest BCUT2D eigenvalue weighted by Crippen LogP contribution is -2.39. The number of carbonyl (C=O) groups excluding carboxylic acids is 1. The van der Waals surface area contributed by atoms with Crippen LogP contribution in [0.4, 0.5) is 15.8 Å². The molecule has 136 valence electrons. The summed E-state index contributed by atoms with van der Waals surface area (Å²) in [5, 5.41) is 11.8. The van der Waals surface area contributed by atoms with Crippen LogP contribution in [-0.4, -0.2) is 18.1 Å². The number of ether oxygens (including phenoxy) is 1. The molecule has 0 saturated carbocycles. The van der Waals surface area contributed by atoms with Crippen LogP contribution >= 0.6 is 11.6 Å². The fourth-order valence-electron chi connectivity index (χ4n) is 3.34. The van der Waals surface area contributed by atoms with Crippen molar-refractivity contribution in [1.29, 1.82) is 0 Å². The number of benzene rings is 3. The first kappa shape index (κ1) is 17.5. The highest BCUT2D eigenvalue weighted by molar-refractivity contribution is 6.31. The largest absolute Gasteiger partial charge is 0.497 e. The van der Waals surface area contributed by atoms with Crippen molar-refractivity contribution in [3.05, 3.63) is 88.7 Å². The van der Waals surface area contributed by atoms with Gasteiger partial charge >= 0.3 is 0 Å². The topological polar surface area (TPSA) is 49.8 Å². The maximum atomic E-state index is 13.4. The highest BCUT2D eigenvalue weighted by Crippen LogP contribution is 2.48. The van der Waals surface area contributed by atoms with Crippen LogP contribution in [0, 0.1) is 5.82 Å². The summed E-state index contributed by atoms with van der Waals surface area (Å²) in [5.41, 5.74) is -0.256. The lowest BCUT2D eigenvalue weighted by molar-refractivity contribution is -0.131. The maximum Gasteiger partial charge on any atom is 0.273 e. The molecule has 0 unspecified atom stereocenters. The smallest absolute Gasteiger partial charge is 0.273 e. The van der Waals surface area contributed by atoms with E-state index < -0.39 is 17.3 Å². The number of fused-ring (bicyclic) bond motifs is 1. The summed E-state index contributed by atoms with van der Waals surface area (Å²) in [7, 11) is 1.56. The van der Waals surface area contributed by atoms with Gasteiger partial charge < -0.3 is 9.84 Å². The molecule has 1 N–H and O–H groups in total. The van der Waals surface area contributed by atoms with Gasteiger partial charge in [0.25, 0.3) is 5.91 Å². The van der Waals surface area contributed by atoms with Gasteiger partial charge in [-0.15, -0.1) is 0 Å². The minimum atomic E-state index is -1.96. The third-order valence-electron chi connectivity index (χ3n) is 4.69. The fourth-order valence-corrected chi connectivity index (χ4v) is 3.51. The van der Waals surface area contributed by atoms with Crippen LogP contribution in [0.15, 0.2) is 66.7 Å². The minimum absolute atomic E-state index is 0.272. The zero-order chi connectivity index (χ0) is 19.2. The molecule has 0 spiro atoms. The average molecular weight is 384 g/mol. The van der Waals surface area contributed by atoms with Crippen molar-refractivity contribution in [1.82, 2.24) is 0 Å². The second-order valence-electron chi connectivity index (χ2n) is 6.22. The van der Waals surface area contributed by atoms with Crippen LogP contribution < -0.4 is 9.64 Å². The van der Waals surface area contributed by atoms with Gasteiger partial charge in [-0.2, -0.15) is 0 Å². The molecule has 6 heteroatoms. The van der Waals surface area contributed by atoms with E-state index in [0.29, 0.717) is 27.7 Å². The molecule has 1 atom stereocenters. The molecule has 1 amide bonds. The monoisotopic (exact) mass is 383 g/mol. The predicted molar refractivity (Wildman–Crippen MR) is 101 cm³/mol. The van der Waals surface area contributed by atoms with Gasteiger partial charge in [-0.3, -0.25) is 9.69 Å². The fraction of sp³-hybridized carbons (Fsp3) is 0.0952. The van der Waals surface area contributed by atoms with E-state index in [2.05, 4.69) is 0 Å². The van der Waals surface area contributed by atoms with E-state index in [1.165, 1.54) is 29.2 Å². The second kappa shape index (κ2) is 6.37. The number of nitrogens with zero attached hydrogens (tertiary/aromatic N) is 1. The van der Waals surface area contributed by atoms with Gasteiger partial charge in [-0.25, -0.2) is 4.39 Å². The molecular formula is C21H15ClFNO3. The SMILES string of the molecule is COc1ccc(N2C(=O)[C@@](O)(c3ccc(F)cc3)c3cc(Cl)ccc32)cc1. The maximum absolute atomic E-state index is 13.4. The molecule has 0 fully saturated rings. The van der Waals surface area contributed by atoms with Gasteiger partial charge in [0, 0.05) is 16.3 Å². The Morgan fingerprint density at radius 2 is 1.70 bits per heavy atom. The number of methoxy groups -OCH3 is 1. The van der Waals surface area contributed by atoms with E-state index in [0.717, 1.165) is 0 Å². The zero-order valence-electron chi connectivity index (χ0n) is 14.3. The molecule has 4 rings (SSSR count). The Balaban J connectivity index is 1.91. The van der Waals surface area contributed by atoms with Crippen molar-refractivity contribution >= 4 is 28.9 Å². The molecule has 0 aromatic heterocycles. The Bertz CT molecular complexity index is 1020. The summed E-state index contributed by atoms with van der Waals surface area (Å²) in [6, 6.07) is 17.0. The van der Waals surface area contributed by atoms with Crippen LogP contribution in [0.3, 0.4) is 0 Å². The van der Waals surface area contributed by atoms with E-state index >= 15 is 0 Å². The number of carbonyl (C=O) groups is 1. The van der Waals surface area contributed by atoms with Crippen molar-refractivity contribution in [3.8, 4) is 5.75 Å². The number of rotatable bonds is 3. The van der Waals surface area contributed by atoms with E-state index in [1.807, 2.05) is 0 Å². The second-order valence-corrected chi connectivity index (χ2v) is 6.65. The highest BCUT2D eigenvalue weighted by atomic mass is 35.5. The van der Waals surface area contributed by atoms with Gasteiger partial charge in [-0.05, 0) is 60.2 Å². The number of anilines is 2. The van der Waals surface area contributed by atoms with E-state index in [-0.39, 0.29) is 5.56 Å². The van der Waals surface area contributed by atoms with Crippen molar-refractivity contribution in [2.45, 2.75) is 5.60 Å². The first-order valence-electron chi connectivity index (χ1n) is 8.22. The Hall–Kier alpha value is -2.89. The van der Waals surface area contributed by atoms with Crippen LogP contribution in [0.5, 0.6) is 5.75 Å². The predicted octanol–water partition coefficient (Wildman–Crippen LogP) is 4.40. The Morgan fingerprint density at radius 3 is 2.33 bits per heavy atom. The number of hydrogen-bond donors (Lipinski definition) is 1. The first-order valence-corrected chi connectivity index (χ1v) is 8.60. The van der Waals surface area contributed by atoms with Crippen molar-refractivity contribution < 1.29 is 19.0 Å². The summed E-state index contributed by atoms with van der Waals surface area (Å²) in [4.78, 5) is 14.8. The Morgan fingerprint density at radius 1 is 1.04 bits per heavy atom. The standard InChI is InChI=1S/C21H15ClFNO3/c1-27-17-9-7-16(8-10-17)24-19-11-4-14(22)12-18(19)21(26,20(24)25)13-2-5-15(23)6-3-13/h2-12,26H,1H3/t21-/m1/s1. The normalized spacial score (nSPS) is 18.5.